The summed E-state index contributed by atoms with van der Waals surface area (Å²) in [5.41, 5.74) is -0.259. The van der Waals surface area contributed by atoms with Gasteiger partial charge < -0.3 is 15.0 Å². The highest BCUT2D eigenvalue weighted by atomic mass is 16.5. The Hall–Kier alpha value is -2.04. The zero-order valence-electron chi connectivity index (χ0n) is 14.9. The van der Waals surface area contributed by atoms with E-state index in [4.69, 9.17) is 4.74 Å². The van der Waals surface area contributed by atoms with Crippen molar-refractivity contribution in [1.29, 1.82) is 0 Å². The molecule has 0 unspecified atom stereocenters. The van der Waals surface area contributed by atoms with Gasteiger partial charge in [0.1, 0.15) is 11.2 Å². The van der Waals surface area contributed by atoms with Crippen molar-refractivity contribution in [1.82, 2.24) is 4.90 Å². The Labute approximate surface area is 144 Å². The van der Waals surface area contributed by atoms with Crippen molar-refractivity contribution >= 4 is 17.5 Å². The molecular formula is C19H28N2O3. The largest absolute Gasteiger partial charge is 0.492 e. The lowest BCUT2D eigenvalue weighted by atomic mass is 10.0. The molecule has 0 atom stereocenters. The highest BCUT2D eigenvalue weighted by Crippen LogP contribution is 2.48. The molecule has 1 saturated carbocycles. The lowest BCUT2D eigenvalue weighted by Crippen LogP contribution is -2.43. The fourth-order valence-electron chi connectivity index (χ4n) is 2.91. The normalized spacial score (nSPS) is 14.8. The van der Waals surface area contributed by atoms with Gasteiger partial charge in [-0.1, -0.05) is 26.0 Å². The van der Waals surface area contributed by atoms with Crippen LogP contribution in [0.1, 0.15) is 46.5 Å². The molecule has 1 aliphatic rings. The van der Waals surface area contributed by atoms with Gasteiger partial charge in [-0.3, -0.25) is 9.59 Å². The molecule has 0 aromatic heterocycles. The summed E-state index contributed by atoms with van der Waals surface area (Å²) in [6.07, 6.45) is 3.05. The molecular weight excluding hydrogens is 304 g/mol. The van der Waals surface area contributed by atoms with Gasteiger partial charge in [0.15, 0.2) is 0 Å². The second kappa shape index (κ2) is 8.18. The predicted octanol–water partition coefficient (Wildman–Crippen LogP) is 3.45. The molecule has 1 aromatic carbocycles. The van der Waals surface area contributed by atoms with E-state index >= 15 is 0 Å². The van der Waals surface area contributed by atoms with Crippen LogP contribution in [0.5, 0.6) is 5.75 Å². The van der Waals surface area contributed by atoms with Crippen molar-refractivity contribution in [2.45, 2.75) is 46.5 Å². The molecule has 0 bridgehead atoms. The van der Waals surface area contributed by atoms with E-state index in [0.717, 1.165) is 12.8 Å². The van der Waals surface area contributed by atoms with Gasteiger partial charge in [-0.15, -0.1) is 0 Å². The quantitative estimate of drug-likeness (QED) is 0.705. The van der Waals surface area contributed by atoms with Gasteiger partial charge in [0.05, 0.1) is 12.3 Å². The highest BCUT2D eigenvalue weighted by molar-refractivity contribution is 6.13. The topological polar surface area (TPSA) is 58.6 Å². The number of nitrogens with zero attached hydrogens (tertiary/aromatic N) is 1. The van der Waals surface area contributed by atoms with Crippen molar-refractivity contribution < 1.29 is 14.3 Å². The van der Waals surface area contributed by atoms with Crippen molar-refractivity contribution in [3.05, 3.63) is 24.3 Å². The number of nitrogens with one attached hydrogen (secondary N) is 1. The fraction of sp³-hybridized carbons (Fsp3) is 0.579. The Morgan fingerprint density at radius 1 is 1.12 bits per heavy atom. The first kappa shape index (κ1) is 18.3. The summed E-state index contributed by atoms with van der Waals surface area (Å²) in [6.45, 7) is 7.94. The molecule has 0 radical (unpaired) electrons. The van der Waals surface area contributed by atoms with Gasteiger partial charge >= 0.3 is 0 Å². The van der Waals surface area contributed by atoms with Crippen molar-refractivity contribution in [2.75, 3.05) is 25.0 Å². The number of para-hydroxylation sites is 2. The third-order valence-electron chi connectivity index (χ3n) is 4.30. The van der Waals surface area contributed by atoms with Crippen LogP contribution in [-0.4, -0.2) is 36.4 Å². The van der Waals surface area contributed by atoms with E-state index in [2.05, 4.69) is 5.32 Å². The number of ether oxygens (including phenoxy) is 1. The number of rotatable bonds is 9. The predicted molar refractivity (Wildman–Crippen MR) is 95.1 cm³/mol. The van der Waals surface area contributed by atoms with Crippen LogP contribution in [0.15, 0.2) is 24.3 Å². The number of benzene rings is 1. The minimum absolute atomic E-state index is 0.0300. The number of anilines is 1. The number of hydrogen-bond acceptors (Lipinski definition) is 3. The fourth-order valence-corrected chi connectivity index (χ4v) is 2.91. The monoisotopic (exact) mass is 332 g/mol. The molecule has 5 nitrogen and oxygen atoms in total. The van der Waals surface area contributed by atoms with Crippen molar-refractivity contribution in [3.8, 4) is 5.75 Å². The third kappa shape index (κ3) is 3.89. The number of carbonyl (C=O) groups excluding carboxylic acids is 2. The Kier molecular flexibility index (Phi) is 6.23. The van der Waals surface area contributed by atoms with E-state index in [1.165, 1.54) is 0 Å². The molecule has 0 saturated heterocycles. The van der Waals surface area contributed by atoms with Gasteiger partial charge in [0, 0.05) is 13.1 Å². The molecule has 24 heavy (non-hydrogen) atoms. The van der Waals surface area contributed by atoms with E-state index in [1.807, 2.05) is 43.9 Å². The van der Waals surface area contributed by atoms with E-state index < -0.39 is 5.41 Å². The van der Waals surface area contributed by atoms with E-state index in [-0.39, 0.29) is 11.8 Å². The summed E-state index contributed by atoms with van der Waals surface area (Å²) in [5, 5.41) is 2.91. The van der Waals surface area contributed by atoms with Crippen LogP contribution in [-0.2, 0) is 9.59 Å². The average molecular weight is 332 g/mol. The van der Waals surface area contributed by atoms with Crippen molar-refractivity contribution in [3.63, 3.8) is 0 Å². The number of hydrogen-bond donors (Lipinski definition) is 1. The molecule has 1 N–H and O–H groups in total. The van der Waals surface area contributed by atoms with Crippen LogP contribution >= 0.6 is 0 Å². The zero-order chi connectivity index (χ0) is 17.6. The molecule has 2 rings (SSSR count). The molecule has 5 heteroatoms. The van der Waals surface area contributed by atoms with Crippen LogP contribution < -0.4 is 10.1 Å². The number of carbonyl (C=O) groups is 2. The van der Waals surface area contributed by atoms with Gasteiger partial charge in [0.25, 0.3) is 0 Å². The smallest absolute Gasteiger partial charge is 0.240 e. The van der Waals surface area contributed by atoms with E-state index in [9.17, 15) is 9.59 Å². The Morgan fingerprint density at radius 2 is 1.75 bits per heavy atom. The van der Waals surface area contributed by atoms with Crippen LogP contribution in [0.4, 0.5) is 5.69 Å². The highest BCUT2D eigenvalue weighted by Gasteiger charge is 2.57. The molecule has 1 fully saturated rings. The molecule has 1 aliphatic carbocycles. The summed E-state index contributed by atoms with van der Waals surface area (Å²) in [5.74, 6) is 0.394. The maximum Gasteiger partial charge on any atom is 0.240 e. The lowest BCUT2D eigenvalue weighted by Gasteiger charge is -2.26. The Bertz CT molecular complexity index is 576. The minimum atomic E-state index is -0.885. The van der Waals surface area contributed by atoms with E-state index in [1.54, 1.807) is 6.07 Å². The van der Waals surface area contributed by atoms with Gasteiger partial charge in [-0.05, 0) is 44.7 Å². The first-order valence-corrected chi connectivity index (χ1v) is 8.91. The standard InChI is InChI=1S/C19H28N2O3/c1-4-13-21(14-5-2)18(23)19(11-12-19)17(22)20-15-9-7-8-10-16(15)24-6-3/h7-10H,4-6,11-14H2,1-3H3,(H,20,22). The summed E-state index contributed by atoms with van der Waals surface area (Å²) < 4.78 is 5.55. The summed E-state index contributed by atoms with van der Waals surface area (Å²) in [4.78, 5) is 27.5. The van der Waals surface area contributed by atoms with Crippen LogP contribution in [0.2, 0.25) is 0 Å². The van der Waals surface area contributed by atoms with Gasteiger partial charge in [-0.25, -0.2) is 0 Å². The third-order valence-corrected chi connectivity index (χ3v) is 4.30. The van der Waals surface area contributed by atoms with Crippen LogP contribution in [0.3, 0.4) is 0 Å². The maximum absolute atomic E-state index is 12.9. The lowest BCUT2D eigenvalue weighted by molar-refractivity contribution is -0.142. The van der Waals surface area contributed by atoms with E-state index in [0.29, 0.717) is 44.0 Å². The molecule has 1 aromatic rings. The summed E-state index contributed by atoms with van der Waals surface area (Å²) in [6, 6.07) is 7.34. The van der Waals surface area contributed by atoms with Gasteiger partial charge in [0.2, 0.25) is 11.8 Å². The average Bonchev–Trinajstić information content (AvgIpc) is 3.38. The molecule has 132 valence electrons. The van der Waals surface area contributed by atoms with Gasteiger partial charge in [-0.2, -0.15) is 0 Å². The maximum atomic E-state index is 12.9. The zero-order valence-corrected chi connectivity index (χ0v) is 14.9. The molecule has 0 heterocycles. The summed E-state index contributed by atoms with van der Waals surface area (Å²) in [7, 11) is 0. The first-order chi connectivity index (χ1) is 11.6. The molecule has 2 amide bonds. The second-order valence-corrected chi connectivity index (χ2v) is 6.26. The van der Waals surface area contributed by atoms with Crippen LogP contribution in [0, 0.1) is 5.41 Å². The molecule has 0 aliphatic heterocycles. The summed E-state index contributed by atoms with van der Waals surface area (Å²) >= 11 is 0. The van der Waals surface area contributed by atoms with Crippen molar-refractivity contribution in [2.24, 2.45) is 5.41 Å². The minimum Gasteiger partial charge on any atom is -0.492 e. The SMILES string of the molecule is CCCN(CCC)C(=O)C1(C(=O)Nc2ccccc2OCC)CC1. The Balaban J connectivity index is 2.12. The second-order valence-electron chi connectivity index (χ2n) is 6.26. The first-order valence-electron chi connectivity index (χ1n) is 8.91. The molecule has 0 spiro atoms. The number of amides is 2. The van der Waals surface area contributed by atoms with Crippen LogP contribution in [0.25, 0.3) is 0 Å². The Morgan fingerprint density at radius 3 is 2.29 bits per heavy atom.